The van der Waals surface area contributed by atoms with Crippen LogP contribution < -0.4 is 5.32 Å². The number of nitrogens with one attached hydrogen (secondary N) is 1. The van der Waals surface area contributed by atoms with Crippen molar-refractivity contribution in [1.29, 1.82) is 0 Å². The van der Waals surface area contributed by atoms with Gasteiger partial charge in [-0.15, -0.1) is 0 Å². The lowest BCUT2D eigenvalue weighted by Crippen LogP contribution is -2.41. The average Bonchev–Trinajstić information content (AvgIpc) is 2.90. The van der Waals surface area contributed by atoms with Crippen LogP contribution in [0.2, 0.25) is 0 Å². The molecule has 0 atom stereocenters. The van der Waals surface area contributed by atoms with Gasteiger partial charge in [-0.2, -0.15) is 18.3 Å². The fourth-order valence-electron chi connectivity index (χ4n) is 2.11. The summed E-state index contributed by atoms with van der Waals surface area (Å²) in [5.41, 5.74) is -2.91. The Bertz CT molecular complexity index is 805. The molecule has 2 rings (SSSR count). The fraction of sp³-hybridized carbons (Fsp3) is 0.333. The van der Waals surface area contributed by atoms with Crippen LogP contribution in [0.1, 0.15) is 36.8 Å². The first-order chi connectivity index (χ1) is 11.4. The van der Waals surface area contributed by atoms with Gasteiger partial charge in [0.15, 0.2) is 5.69 Å². The lowest BCUT2D eigenvalue weighted by atomic mass is 10.1. The van der Waals surface area contributed by atoms with Crippen LogP contribution in [-0.2, 0) is 6.18 Å². The molecule has 1 heterocycles. The third-order valence-corrected chi connectivity index (χ3v) is 3.08. The molecule has 0 aliphatic heterocycles. The zero-order chi connectivity index (χ0) is 19.0. The Balaban J connectivity index is 2.53. The number of benzene rings is 1. The number of nitro benzene ring substituents is 1. The molecule has 0 radical (unpaired) electrons. The van der Waals surface area contributed by atoms with Crippen molar-refractivity contribution in [3.05, 3.63) is 51.8 Å². The minimum absolute atomic E-state index is 0.0484. The largest absolute Gasteiger partial charge is 0.434 e. The van der Waals surface area contributed by atoms with Gasteiger partial charge in [-0.25, -0.2) is 4.68 Å². The molecule has 7 nitrogen and oxygen atoms in total. The standard InChI is InChI=1S/C15H15F3N4O3/c1-14(2,3)20-13(23)11-8-19-21(12(11)15(16,17)18)9-4-6-10(7-5-9)22(24)25/h4-8H,1-3H3,(H,20,23). The number of alkyl halides is 3. The first kappa shape index (κ1) is 18.4. The van der Waals surface area contributed by atoms with Crippen LogP contribution in [0, 0.1) is 10.1 Å². The van der Waals surface area contributed by atoms with Crippen LogP contribution >= 0.6 is 0 Å². The van der Waals surface area contributed by atoms with Crippen molar-refractivity contribution in [3.63, 3.8) is 0 Å². The topological polar surface area (TPSA) is 90.1 Å². The van der Waals surface area contributed by atoms with Crippen molar-refractivity contribution in [2.75, 3.05) is 0 Å². The first-order valence-corrected chi connectivity index (χ1v) is 7.13. The second-order valence-electron chi connectivity index (χ2n) is 6.29. The van der Waals surface area contributed by atoms with Crippen LogP contribution in [0.25, 0.3) is 5.69 Å². The van der Waals surface area contributed by atoms with E-state index in [1.54, 1.807) is 20.8 Å². The van der Waals surface area contributed by atoms with Gasteiger partial charge < -0.3 is 5.32 Å². The molecule has 1 aromatic carbocycles. The summed E-state index contributed by atoms with van der Waals surface area (Å²) in [5, 5.41) is 16.8. The van der Waals surface area contributed by atoms with Crippen molar-refractivity contribution in [3.8, 4) is 5.69 Å². The van der Waals surface area contributed by atoms with E-state index in [4.69, 9.17) is 0 Å². The van der Waals surface area contributed by atoms with E-state index in [1.807, 2.05) is 0 Å². The number of nitro groups is 1. The van der Waals surface area contributed by atoms with E-state index in [1.165, 1.54) is 0 Å². The summed E-state index contributed by atoms with van der Waals surface area (Å²) in [6, 6.07) is 4.38. The molecule has 134 valence electrons. The lowest BCUT2D eigenvalue weighted by molar-refractivity contribution is -0.384. The third-order valence-electron chi connectivity index (χ3n) is 3.08. The van der Waals surface area contributed by atoms with Gasteiger partial charge >= 0.3 is 6.18 Å². The number of hydrogen-bond donors (Lipinski definition) is 1. The van der Waals surface area contributed by atoms with Crippen LogP contribution in [0.15, 0.2) is 30.5 Å². The molecule has 0 aliphatic carbocycles. The zero-order valence-corrected chi connectivity index (χ0v) is 13.6. The van der Waals surface area contributed by atoms with Crippen molar-refractivity contribution in [2.24, 2.45) is 0 Å². The predicted molar refractivity (Wildman–Crippen MR) is 82.4 cm³/mol. The van der Waals surface area contributed by atoms with Crippen molar-refractivity contribution >= 4 is 11.6 Å². The summed E-state index contributed by atoms with van der Waals surface area (Å²) in [6.45, 7) is 4.91. The number of carbonyl (C=O) groups excluding carboxylic acids is 1. The van der Waals surface area contributed by atoms with E-state index in [9.17, 15) is 28.1 Å². The van der Waals surface area contributed by atoms with Crippen molar-refractivity contribution in [1.82, 2.24) is 15.1 Å². The summed E-state index contributed by atoms with van der Waals surface area (Å²) in [6.07, 6.45) is -4.02. The van der Waals surface area contributed by atoms with Gasteiger partial charge in [-0.05, 0) is 32.9 Å². The molecule has 0 aliphatic rings. The Kier molecular flexibility index (Phi) is 4.56. The highest BCUT2D eigenvalue weighted by atomic mass is 19.4. The Labute approximate surface area is 140 Å². The molecule has 0 spiro atoms. The summed E-state index contributed by atoms with van der Waals surface area (Å²) in [5.74, 6) is -0.909. The number of carbonyl (C=O) groups is 1. The average molecular weight is 356 g/mol. The van der Waals surface area contributed by atoms with E-state index >= 15 is 0 Å². The van der Waals surface area contributed by atoms with Crippen LogP contribution in [0.4, 0.5) is 18.9 Å². The molecule has 1 N–H and O–H groups in total. The van der Waals surface area contributed by atoms with Crippen LogP contribution in [0.3, 0.4) is 0 Å². The molecule has 25 heavy (non-hydrogen) atoms. The Morgan fingerprint density at radius 2 is 1.76 bits per heavy atom. The minimum Gasteiger partial charge on any atom is -0.347 e. The molecule has 1 aromatic heterocycles. The van der Waals surface area contributed by atoms with E-state index in [0.29, 0.717) is 4.68 Å². The Morgan fingerprint density at radius 1 is 1.20 bits per heavy atom. The number of halogens is 3. The number of rotatable bonds is 3. The maximum Gasteiger partial charge on any atom is 0.434 e. The van der Waals surface area contributed by atoms with Crippen molar-refractivity contribution < 1.29 is 22.9 Å². The summed E-state index contributed by atoms with van der Waals surface area (Å²) >= 11 is 0. The zero-order valence-electron chi connectivity index (χ0n) is 13.6. The third kappa shape index (κ3) is 4.14. The predicted octanol–water partition coefficient (Wildman–Crippen LogP) is 3.33. The summed E-state index contributed by atoms with van der Waals surface area (Å²) < 4.78 is 41.0. The van der Waals surface area contributed by atoms with Gasteiger partial charge in [-0.3, -0.25) is 14.9 Å². The fourth-order valence-corrected chi connectivity index (χ4v) is 2.11. The first-order valence-electron chi connectivity index (χ1n) is 7.13. The molecule has 0 saturated carbocycles. The molecule has 0 unspecified atom stereocenters. The smallest absolute Gasteiger partial charge is 0.347 e. The van der Waals surface area contributed by atoms with Gasteiger partial charge in [0.25, 0.3) is 11.6 Å². The van der Waals surface area contributed by atoms with Gasteiger partial charge in [0.1, 0.15) is 0 Å². The number of aromatic nitrogens is 2. The normalized spacial score (nSPS) is 12.1. The molecule has 0 bridgehead atoms. The molecule has 1 amide bonds. The SMILES string of the molecule is CC(C)(C)NC(=O)c1cnn(-c2ccc([N+](=O)[O-])cc2)c1C(F)(F)F. The highest BCUT2D eigenvalue weighted by molar-refractivity contribution is 5.95. The quantitative estimate of drug-likeness (QED) is 0.675. The van der Waals surface area contributed by atoms with Gasteiger partial charge in [0.05, 0.1) is 22.4 Å². The highest BCUT2D eigenvalue weighted by Crippen LogP contribution is 2.34. The van der Waals surface area contributed by atoms with Gasteiger partial charge in [0.2, 0.25) is 0 Å². The molecule has 2 aromatic rings. The second-order valence-corrected chi connectivity index (χ2v) is 6.29. The molecular weight excluding hydrogens is 341 g/mol. The van der Waals surface area contributed by atoms with E-state index in [-0.39, 0.29) is 11.4 Å². The van der Waals surface area contributed by atoms with Crippen LogP contribution in [0.5, 0.6) is 0 Å². The maximum absolute atomic E-state index is 13.5. The molecule has 0 fully saturated rings. The monoisotopic (exact) mass is 356 g/mol. The Hall–Kier alpha value is -2.91. The van der Waals surface area contributed by atoms with Gasteiger partial charge in [-0.1, -0.05) is 0 Å². The molecule has 0 saturated heterocycles. The Morgan fingerprint density at radius 3 is 2.20 bits per heavy atom. The van der Waals surface area contributed by atoms with Crippen molar-refractivity contribution in [2.45, 2.75) is 32.5 Å². The van der Waals surface area contributed by atoms with Crippen LogP contribution in [-0.4, -0.2) is 26.1 Å². The summed E-state index contributed by atoms with van der Waals surface area (Å²) in [4.78, 5) is 22.1. The summed E-state index contributed by atoms with van der Waals surface area (Å²) in [7, 11) is 0. The lowest BCUT2D eigenvalue weighted by Gasteiger charge is -2.21. The maximum atomic E-state index is 13.5. The number of nitrogens with zero attached hydrogens (tertiary/aromatic N) is 3. The van der Waals surface area contributed by atoms with E-state index in [0.717, 1.165) is 30.5 Å². The number of amides is 1. The van der Waals surface area contributed by atoms with E-state index < -0.39 is 33.8 Å². The number of non-ortho nitro benzene ring substituents is 1. The minimum atomic E-state index is -4.84. The van der Waals surface area contributed by atoms with Gasteiger partial charge in [0, 0.05) is 17.7 Å². The van der Waals surface area contributed by atoms with E-state index in [2.05, 4.69) is 10.4 Å². The molecule has 10 heteroatoms. The molecular formula is C15H15F3N4O3. The highest BCUT2D eigenvalue weighted by Gasteiger charge is 2.41. The number of hydrogen-bond acceptors (Lipinski definition) is 4. The second kappa shape index (κ2) is 6.19.